The molecule has 1 aliphatic rings. The van der Waals surface area contributed by atoms with Gasteiger partial charge in [-0.1, -0.05) is 58.0 Å². The summed E-state index contributed by atoms with van der Waals surface area (Å²) in [6, 6.07) is 12.8. The summed E-state index contributed by atoms with van der Waals surface area (Å²) in [5, 5.41) is 31.8. The molecule has 230 valence electrons. The molecule has 1 fully saturated rings. The van der Waals surface area contributed by atoms with E-state index in [9.17, 15) is 24.8 Å². The number of aliphatic imine (C=N–C) groups is 1. The number of ether oxygens (including phenoxy) is 3. The molecular formula is C30H38N6O7. The number of aromatic nitrogens is 1. The van der Waals surface area contributed by atoms with E-state index in [0.29, 0.717) is 6.42 Å². The first-order valence-electron chi connectivity index (χ1n) is 14.0. The SMILES string of the molecule is CC[C@@H](C)C(=O)N/C(=N/C=N)c1ccc([C@]2(C#N)O[C@H](COC(=O)Cc3ccccc3)[C@@H](OC(=O)[C@@H](N)C(C)C)[C@H]2O)[nH]1. The van der Waals surface area contributed by atoms with Crippen LogP contribution >= 0.6 is 0 Å². The summed E-state index contributed by atoms with van der Waals surface area (Å²) in [5.41, 5.74) is 4.87. The maximum absolute atomic E-state index is 12.8. The Kier molecular flexibility index (Phi) is 11.3. The fourth-order valence-electron chi connectivity index (χ4n) is 4.34. The topological polar surface area (TPSA) is 213 Å². The Morgan fingerprint density at radius 3 is 2.56 bits per heavy atom. The zero-order chi connectivity index (χ0) is 31.7. The Hall–Kier alpha value is -4.38. The highest BCUT2D eigenvalue weighted by atomic mass is 16.6. The number of carbonyl (C=O) groups is 3. The van der Waals surface area contributed by atoms with Crippen molar-refractivity contribution >= 4 is 30.0 Å². The Bertz CT molecular complexity index is 1370. The van der Waals surface area contributed by atoms with Gasteiger partial charge in [-0.05, 0) is 30.0 Å². The summed E-state index contributed by atoms with van der Waals surface area (Å²) in [7, 11) is 0. The molecule has 13 heteroatoms. The van der Waals surface area contributed by atoms with Crippen molar-refractivity contribution in [2.75, 3.05) is 6.61 Å². The van der Waals surface area contributed by atoms with E-state index in [1.54, 1.807) is 45.0 Å². The van der Waals surface area contributed by atoms with Gasteiger partial charge in [-0.3, -0.25) is 19.8 Å². The molecule has 3 rings (SSSR count). The van der Waals surface area contributed by atoms with Gasteiger partial charge in [0.1, 0.15) is 37.3 Å². The molecule has 0 aliphatic carbocycles. The van der Waals surface area contributed by atoms with Gasteiger partial charge in [0, 0.05) is 5.92 Å². The van der Waals surface area contributed by atoms with Crippen molar-refractivity contribution in [1.82, 2.24) is 10.3 Å². The number of amidine groups is 1. The summed E-state index contributed by atoms with van der Waals surface area (Å²) in [6.45, 7) is 6.62. The fourth-order valence-corrected chi connectivity index (χ4v) is 4.34. The Labute approximate surface area is 249 Å². The number of nitrogens with two attached hydrogens (primary N) is 1. The van der Waals surface area contributed by atoms with Crippen molar-refractivity contribution in [3.05, 3.63) is 59.4 Å². The summed E-state index contributed by atoms with van der Waals surface area (Å²) >= 11 is 0. The predicted molar refractivity (Wildman–Crippen MR) is 156 cm³/mol. The van der Waals surface area contributed by atoms with E-state index in [-0.39, 0.29) is 41.4 Å². The minimum absolute atomic E-state index is 0.0180. The molecule has 6 atom stereocenters. The highest BCUT2D eigenvalue weighted by Gasteiger charge is 2.59. The smallest absolute Gasteiger partial charge is 0.323 e. The van der Waals surface area contributed by atoms with E-state index in [2.05, 4.69) is 15.3 Å². The summed E-state index contributed by atoms with van der Waals surface area (Å²) in [5.74, 6) is -2.32. The van der Waals surface area contributed by atoms with Gasteiger partial charge in [0.25, 0.3) is 0 Å². The van der Waals surface area contributed by atoms with Crippen LogP contribution < -0.4 is 11.1 Å². The summed E-state index contributed by atoms with van der Waals surface area (Å²) < 4.78 is 17.0. The van der Waals surface area contributed by atoms with Crippen LogP contribution in [0.2, 0.25) is 0 Å². The monoisotopic (exact) mass is 594 g/mol. The number of aliphatic hydroxyl groups is 1. The summed E-state index contributed by atoms with van der Waals surface area (Å²) in [6.07, 6.45) is -3.09. The minimum Gasteiger partial charge on any atom is -0.463 e. The molecule has 6 N–H and O–H groups in total. The molecule has 0 spiro atoms. The number of amides is 1. The van der Waals surface area contributed by atoms with Crippen LogP contribution in [-0.4, -0.2) is 71.1 Å². The average molecular weight is 595 g/mol. The van der Waals surface area contributed by atoms with Crippen molar-refractivity contribution in [3.63, 3.8) is 0 Å². The average Bonchev–Trinajstić information content (AvgIpc) is 3.59. The van der Waals surface area contributed by atoms with Crippen LogP contribution in [0.3, 0.4) is 0 Å². The molecule has 0 saturated carbocycles. The first-order chi connectivity index (χ1) is 20.5. The number of H-pyrrole nitrogens is 1. The standard InChI is InChI=1S/C30H38N6O7/c1-5-18(4)28(39)36-27(34-16-32)20-11-12-22(35-20)30(15-31)26(38)25(42-29(40)24(33)17(2)3)21(43-30)14-41-23(37)13-19-9-7-6-8-10-19/h6-12,16-18,21,24-26,35,38H,5,13-14,33H2,1-4H3,(H2,32,34,36,39)/t18-,21-,24+,25-,26-,30+/m1/s1. The van der Waals surface area contributed by atoms with E-state index in [1.165, 1.54) is 12.1 Å². The fraction of sp³-hybridized carbons (Fsp3) is 0.467. The number of benzene rings is 1. The second-order valence-electron chi connectivity index (χ2n) is 10.7. The van der Waals surface area contributed by atoms with Gasteiger partial charge in [-0.15, -0.1) is 0 Å². The highest BCUT2D eigenvalue weighted by molar-refractivity contribution is 6.09. The molecule has 0 radical (unpaired) electrons. The van der Waals surface area contributed by atoms with Gasteiger partial charge in [0.05, 0.1) is 17.8 Å². The lowest BCUT2D eigenvalue weighted by atomic mass is 9.92. The molecule has 0 unspecified atom stereocenters. The van der Waals surface area contributed by atoms with E-state index in [0.717, 1.165) is 11.9 Å². The molecule has 1 saturated heterocycles. The number of aromatic amines is 1. The number of nitriles is 1. The van der Waals surface area contributed by atoms with Gasteiger partial charge >= 0.3 is 11.9 Å². The largest absolute Gasteiger partial charge is 0.463 e. The second-order valence-corrected chi connectivity index (χ2v) is 10.7. The highest BCUT2D eigenvalue weighted by Crippen LogP contribution is 2.41. The van der Waals surface area contributed by atoms with Gasteiger partial charge in [0.15, 0.2) is 11.9 Å². The Balaban J connectivity index is 1.90. The number of esters is 2. The summed E-state index contributed by atoms with van der Waals surface area (Å²) in [4.78, 5) is 44.7. The minimum atomic E-state index is -2.10. The third-order valence-electron chi connectivity index (χ3n) is 7.28. The molecule has 0 bridgehead atoms. The number of aliphatic hydroxyl groups excluding tert-OH is 1. The quantitative estimate of drug-likeness (QED) is 0.137. The third kappa shape index (κ3) is 7.72. The van der Waals surface area contributed by atoms with E-state index in [4.69, 9.17) is 25.4 Å². The lowest BCUT2D eigenvalue weighted by Gasteiger charge is -2.25. The Morgan fingerprint density at radius 1 is 1.26 bits per heavy atom. The molecule has 1 aliphatic heterocycles. The van der Waals surface area contributed by atoms with Gasteiger partial charge in [-0.2, -0.15) is 5.26 Å². The van der Waals surface area contributed by atoms with Crippen molar-refractivity contribution in [2.24, 2.45) is 22.6 Å². The van der Waals surface area contributed by atoms with E-state index >= 15 is 0 Å². The Morgan fingerprint density at radius 2 is 1.95 bits per heavy atom. The van der Waals surface area contributed by atoms with Crippen LogP contribution in [0, 0.1) is 28.6 Å². The molecule has 1 aromatic heterocycles. The van der Waals surface area contributed by atoms with E-state index < -0.39 is 48.5 Å². The van der Waals surface area contributed by atoms with Gasteiger partial charge < -0.3 is 35.4 Å². The maximum Gasteiger partial charge on any atom is 0.323 e. The van der Waals surface area contributed by atoms with Crippen LogP contribution in [0.5, 0.6) is 0 Å². The van der Waals surface area contributed by atoms with Crippen LogP contribution in [0.1, 0.15) is 51.1 Å². The van der Waals surface area contributed by atoms with Crippen molar-refractivity contribution in [2.45, 2.75) is 70.5 Å². The molecule has 43 heavy (non-hydrogen) atoms. The zero-order valence-corrected chi connectivity index (χ0v) is 24.6. The number of carbonyl (C=O) groups excluding carboxylic acids is 3. The van der Waals surface area contributed by atoms with Crippen molar-refractivity contribution in [3.8, 4) is 6.07 Å². The number of hydrogen-bond acceptors (Lipinski definition) is 10. The second kappa shape index (κ2) is 14.7. The van der Waals surface area contributed by atoms with E-state index in [1.807, 2.05) is 19.1 Å². The van der Waals surface area contributed by atoms with Crippen LogP contribution in [0.25, 0.3) is 0 Å². The molecule has 1 amide bonds. The first-order valence-corrected chi connectivity index (χ1v) is 14.0. The predicted octanol–water partition coefficient (Wildman–Crippen LogP) is 1.69. The number of nitrogens with one attached hydrogen (secondary N) is 3. The van der Waals surface area contributed by atoms with Crippen molar-refractivity contribution < 1.29 is 33.7 Å². The van der Waals surface area contributed by atoms with Crippen LogP contribution in [0.4, 0.5) is 0 Å². The van der Waals surface area contributed by atoms with Crippen LogP contribution in [-0.2, 0) is 40.6 Å². The lowest BCUT2D eigenvalue weighted by molar-refractivity contribution is -0.162. The van der Waals surface area contributed by atoms with Gasteiger partial charge in [-0.25, -0.2) is 4.99 Å². The number of rotatable bonds is 12. The molecule has 1 aromatic carbocycles. The number of hydrogen-bond donors (Lipinski definition) is 5. The molecule has 13 nitrogen and oxygen atoms in total. The molecule has 2 aromatic rings. The van der Waals surface area contributed by atoms with Gasteiger partial charge in [0.2, 0.25) is 11.5 Å². The third-order valence-corrected chi connectivity index (χ3v) is 7.28. The first kappa shape index (κ1) is 33.1. The maximum atomic E-state index is 12.8. The molecular weight excluding hydrogens is 556 g/mol. The zero-order valence-electron chi connectivity index (χ0n) is 24.6. The number of nitrogens with zero attached hydrogens (tertiary/aromatic N) is 2. The van der Waals surface area contributed by atoms with Crippen LogP contribution in [0.15, 0.2) is 47.5 Å². The normalized spacial score (nSPS) is 23.2. The lowest BCUT2D eigenvalue weighted by Crippen LogP contribution is -2.46. The van der Waals surface area contributed by atoms with Crippen molar-refractivity contribution in [1.29, 1.82) is 10.7 Å². The molecule has 2 heterocycles.